The van der Waals surface area contributed by atoms with Gasteiger partial charge < -0.3 is 0 Å². The number of sulfonamides is 1. The molecular weight excluding hydrogens is 338 g/mol. The molecule has 0 radical (unpaired) electrons. The van der Waals surface area contributed by atoms with Gasteiger partial charge in [-0.2, -0.15) is 5.10 Å². The van der Waals surface area contributed by atoms with Crippen molar-refractivity contribution < 1.29 is 8.42 Å². The molecule has 0 aromatic carbocycles. The van der Waals surface area contributed by atoms with E-state index in [0.29, 0.717) is 6.54 Å². The summed E-state index contributed by atoms with van der Waals surface area (Å²) in [7, 11) is -3.18. The first kappa shape index (κ1) is 16.7. The highest BCUT2D eigenvalue weighted by atomic mass is 32.2. The van der Waals surface area contributed by atoms with E-state index in [4.69, 9.17) is 0 Å². The lowest BCUT2D eigenvalue weighted by atomic mass is 10.2. The first-order valence-corrected chi connectivity index (χ1v) is 10.2. The maximum absolute atomic E-state index is 12.1. The molecule has 3 heterocycles. The number of hydrogen-bond acceptors (Lipinski definition) is 5. The van der Waals surface area contributed by atoms with E-state index in [2.05, 4.69) is 19.7 Å². The number of nitrogens with zero attached hydrogens (tertiary/aromatic N) is 4. The van der Waals surface area contributed by atoms with Crippen LogP contribution in [0.5, 0.6) is 0 Å². The van der Waals surface area contributed by atoms with Crippen molar-refractivity contribution in [3.8, 4) is 0 Å². The highest BCUT2D eigenvalue weighted by Gasteiger charge is 2.36. The molecular formula is C17H23N5O2S. The Kier molecular flexibility index (Phi) is 4.35. The highest BCUT2D eigenvalue weighted by Crippen LogP contribution is 2.28. The molecule has 0 spiro atoms. The van der Waals surface area contributed by atoms with Crippen LogP contribution in [0.2, 0.25) is 0 Å². The predicted molar refractivity (Wildman–Crippen MR) is 94.3 cm³/mol. The van der Waals surface area contributed by atoms with Gasteiger partial charge in [-0.1, -0.05) is 6.07 Å². The summed E-state index contributed by atoms with van der Waals surface area (Å²) in [5.74, 6) is 0. The molecule has 8 heteroatoms. The topological polar surface area (TPSA) is 80.1 Å². The number of rotatable bonds is 6. The van der Waals surface area contributed by atoms with Gasteiger partial charge in [0.1, 0.15) is 0 Å². The molecule has 1 saturated carbocycles. The third-order valence-electron chi connectivity index (χ3n) is 4.77. The maximum Gasteiger partial charge on any atom is 0.214 e. The summed E-state index contributed by atoms with van der Waals surface area (Å²) in [6.45, 7) is 4.66. The van der Waals surface area contributed by atoms with Crippen LogP contribution in [0.3, 0.4) is 0 Å². The van der Waals surface area contributed by atoms with E-state index in [0.717, 1.165) is 49.6 Å². The minimum Gasteiger partial charge on any atom is -0.290 e. The normalized spacial score (nSPS) is 21.2. The van der Waals surface area contributed by atoms with Crippen molar-refractivity contribution in [2.45, 2.75) is 44.1 Å². The maximum atomic E-state index is 12.1. The molecule has 0 unspecified atom stereocenters. The van der Waals surface area contributed by atoms with E-state index in [1.54, 1.807) is 6.20 Å². The molecule has 0 saturated heterocycles. The molecule has 134 valence electrons. The number of pyridine rings is 1. The molecule has 2 aromatic rings. The Hall–Kier alpha value is -1.77. The van der Waals surface area contributed by atoms with E-state index < -0.39 is 10.0 Å². The largest absolute Gasteiger partial charge is 0.290 e. The van der Waals surface area contributed by atoms with Gasteiger partial charge in [0.25, 0.3) is 0 Å². The monoisotopic (exact) mass is 361 g/mol. The average molecular weight is 361 g/mol. The summed E-state index contributed by atoms with van der Waals surface area (Å²) >= 11 is 0. The van der Waals surface area contributed by atoms with Gasteiger partial charge in [-0.25, -0.2) is 13.1 Å². The molecule has 2 aromatic heterocycles. The first-order chi connectivity index (χ1) is 12.0. The highest BCUT2D eigenvalue weighted by molar-refractivity contribution is 7.90. The lowest BCUT2D eigenvalue weighted by Crippen LogP contribution is -2.43. The molecule has 1 aliphatic heterocycles. The van der Waals surface area contributed by atoms with Gasteiger partial charge in [-0.3, -0.25) is 14.6 Å². The molecule has 25 heavy (non-hydrogen) atoms. The Bertz CT molecular complexity index is 859. The van der Waals surface area contributed by atoms with E-state index in [9.17, 15) is 8.42 Å². The van der Waals surface area contributed by atoms with Gasteiger partial charge in [-0.15, -0.1) is 0 Å². The van der Waals surface area contributed by atoms with Crippen molar-refractivity contribution >= 4 is 10.0 Å². The van der Waals surface area contributed by atoms with Gasteiger partial charge in [0.05, 0.1) is 22.7 Å². The minimum absolute atomic E-state index is 0.00270. The molecule has 2 aliphatic rings. The molecule has 1 atom stereocenters. The number of aryl methyl sites for hydroxylation is 1. The third-order valence-corrected chi connectivity index (χ3v) is 6.69. The summed E-state index contributed by atoms with van der Waals surface area (Å²) < 4.78 is 29.0. The molecule has 0 bridgehead atoms. The van der Waals surface area contributed by atoms with Gasteiger partial charge in [-0.05, 0) is 38.0 Å². The van der Waals surface area contributed by atoms with Gasteiger partial charge in [0, 0.05) is 38.1 Å². The van der Waals surface area contributed by atoms with Crippen LogP contribution >= 0.6 is 0 Å². The second kappa shape index (κ2) is 6.51. The van der Waals surface area contributed by atoms with Gasteiger partial charge in [0.2, 0.25) is 10.0 Å². The van der Waals surface area contributed by atoms with Crippen LogP contribution in [0.25, 0.3) is 0 Å². The molecule has 4 rings (SSSR count). The van der Waals surface area contributed by atoms with E-state index in [1.165, 1.54) is 0 Å². The summed E-state index contributed by atoms with van der Waals surface area (Å²) in [4.78, 5) is 6.88. The molecule has 1 aliphatic carbocycles. The van der Waals surface area contributed by atoms with E-state index in [1.807, 2.05) is 35.9 Å². The predicted octanol–water partition coefficient (Wildman–Crippen LogP) is 1.23. The van der Waals surface area contributed by atoms with E-state index >= 15 is 0 Å². The van der Waals surface area contributed by atoms with Crippen LogP contribution in [-0.4, -0.2) is 46.4 Å². The van der Waals surface area contributed by atoms with Crippen molar-refractivity contribution in [3.05, 3.63) is 47.5 Å². The second-order valence-electron chi connectivity index (χ2n) is 6.95. The number of hydrogen-bond donors (Lipinski definition) is 1. The first-order valence-electron chi connectivity index (χ1n) is 8.67. The van der Waals surface area contributed by atoms with Crippen molar-refractivity contribution in [1.29, 1.82) is 0 Å². The number of fused-ring (bicyclic) bond motifs is 1. The zero-order valence-electron chi connectivity index (χ0n) is 14.3. The summed E-state index contributed by atoms with van der Waals surface area (Å²) in [5, 5.41) is 4.20. The average Bonchev–Trinajstić information content (AvgIpc) is 3.33. The Morgan fingerprint density at radius 3 is 2.88 bits per heavy atom. The second-order valence-corrected chi connectivity index (χ2v) is 9.00. The van der Waals surface area contributed by atoms with Gasteiger partial charge >= 0.3 is 0 Å². The van der Waals surface area contributed by atoms with Crippen molar-refractivity contribution in [1.82, 2.24) is 24.4 Å². The Morgan fingerprint density at radius 1 is 1.28 bits per heavy atom. The van der Waals surface area contributed by atoms with E-state index in [-0.39, 0.29) is 11.3 Å². The minimum atomic E-state index is -3.18. The molecule has 7 nitrogen and oxygen atoms in total. The van der Waals surface area contributed by atoms with Gasteiger partial charge in [0.15, 0.2) is 0 Å². The summed E-state index contributed by atoms with van der Waals surface area (Å²) in [6, 6.07) is 8.04. The summed E-state index contributed by atoms with van der Waals surface area (Å²) in [6.07, 6.45) is 3.34. The fraction of sp³-hybridized carbons (Fsp3) is 0.529. The molecule has 1 N–H and O–H groups in total. The Balaban J connectivity index is 1.47. The molecule has 1 fully saturated rings. The van der Waals surface area contributed by atoms with Crippen LogP contribution in [0.1, 0.15) is 36.0 Å². The lowest BCUT2D eigenvalue weighted by Gasteiger charge is -2.33. The fourth-order valence-corrected chi connectivity index (χ4v) is 4.78. The van der Waals surface area contributed by atoms with Crippen LogP contribution in [-0.2, 0) is 23.1 Å². The van der Waals surface area contributed by atoms with Crippen LogP contribution in [0.4, 0.5) is 0 Å². The third kappa shape index (κ3) is 3.75. The number of aromatic nitrogens is 3. The molecule has 0 amide bonds. The quantitative estimate of drug-likeness (QED) is 0.837. The standard InChI is InChI=1S/C17H23N5O2S/c1-13-3-2-4-14(20-13)10-21-11-15-7-8-18-22(15)16(12-21)9-19-25(23,24)17-5-6-17/h2-4,7-8,16-17,19H,5-6,9-12H2,1H3/t16-/m0/s1. The van der Waals surface area contributed by atoms with Crippen molar-refractivity contribution in [2.75, 3.05) is 13.1 Å². The van der Waals surface area contributed by atoms with Crippen LogP contribution < -0.4 is 4.72 Å². The van der Waals surface area contributed by atoms with Crippen molar-refractivity contribution in [2.24, 2.45) is 0 Å². The zero-order chi connectivity index (χ0) is 17.4. The lowest BCUT2D eigenvalue weighted by molar-refractivity contribution is 0.166. The van der Waals surface area contributed by atoms with Crippen LogP contribution in [0.15, 0.2) is 30.5 Å². The van der Waals surface area contributed by atoms with Crippen LogP contribution in [0, 0.1) is 6.92 Å². The smallest absolute Gasteiger partial charge is 0.214 e. The fourth-order valence-electron chi connectivity index (χ4n) is 3.36. The SMILES string of the molecule is Cc1cccc(CN2Cc3ccnn3[C@@H](CNS(=O)(=O)C3CC3)C2)n1. The van der Waals surface area contributed by atoms with Crippen molar-refractivity contribution in [3.63, 3.8) is 0 Å². The Labute approximate surface area is 148 Å². The Morgan fingerprint density at radius 2 is 2.12 bits per heavy atom. The zero-order valence-corrected chi connectivity index (χ0v) is 15.1. The summed E-state index contributed by atoms with van der Waals surface area (Å²) in [5.41, 5.74) is 3.15. The number of nitrogens with one attached hydrogen (secondary N) is 1.